The number of rotatable bonds is 9. The molecule has 190 valence electrons. The van der Waals surface area contributed by atoms with Crippen molar-refractivity contribution in [2.24, 2.45) is 0 Å². The van der Waals surface area contributed by atoms with Gasteiger partial charge in [-0.1, -0.05) is 29.8 Å². The number of aryl methyl sites for hydroxylation is 3. The largest absolute Gasteiger partial charge is 0.495 e. The summed E-state index contributed by atoms with van der Waals surface area (Å²) in [6.45, 7) is 6.87. The van der Waals surface area contributed by atoms with Crippen LogP contribution in [0, 0.1) is 20.8 Å². The lowest BCUT2D eigenvalue weighted by Crippen LogP contribution is -2.38. The number of esters is 1. The zero-order chi connectivity index (χ0) is 26.5. The molecule has 0 fully saturated rings. The van der Waals surface area contributed by atoms with Crippen molar-refractivity contribution in [2.75, 3.05) is 29.9 Å². The molecular formula is C27H30N2O6S. The van der Waals surface area contributed by atoms with Gasteiger partial charge < -0.3 is 14.8 Å². The molecule has 0 radical (unpaired) electrons. The van der Waals surface area contributed by atoms with E-state index in [4.69, 9.17) is 9.47 Å². The van der Waals surface area contributed by atoms with Gasteiger partial charge in [0.1, 0.15) is 12.3 Å². The summed E-state index contributed by atoms with van der Waals surface area (Å²) in [5.41, 5.74) is 3.32. The van der Waals surface area contributed by atoms with Crippen LogP contribution < -0.4 is 14.4 Å². The predicted octanol–water partition coefficient (Wildman–Crippen LogP) is 4.63. The molecule has 8 nitrogen and oxygen atoms in total. The summed E-state index contributed by atoms with van der Waals surface area (Å²) >= 11 is 0. The first-order valence-corrected chi connectivity index (χ1v) is 12.8. The molecule has 1 N–H and O–H groups in total. The average Bonchev–Trinajstić information content (AvgIpc) is 2.84. The number of carbonyl (C=O) groups is 2. The molecule has 0 heterocycles. The SMILES string of the molecule is CCOC(=O)c1ccc(C)c(NC(=O)CN(c2cc(C)ccc2OC)S(=O)(=O)c2ccc(C)cc2)c1. The van der Waals surface area contributed by atoms with Gasteiger partial charge in [0.15, 0.2) is 0 Å². The summed E-state index contributed by atoms with van der Waals surface area (Å²) in [6, 6.07) is 16.3. The van der Waals surface area contributed by atoms with Gasteiger partial charge in [-0.15, -0.1) is 0 Å². The Bertz CT molecular complexity index is 1370. The van der Waals surface area contributed by atoms with Crippen LogP contribution in [0.1, 0.15) is 34.0 Å². The topological polar surface area (TPSA) is 102 Å². The molecule has 0 spiro atoms. The Kier molecular flexibility index (Phi) is 8.37. The molecule has 3 aromatic rings. The summed E-state index contributed by atoms with van der Waals surface area (Å²) in [5.74, 6) is -0.788. The van der Waals surface area contributed by atoms with E-state index < -0.39 is 28.4 Å². The molecule has 0 atom stereocenters. The number of nitrogens with one attached hydrogen (secondary N) is 1. The van der Waals surface area contributed by atoms with E-state index in [2.05, 4.69) is 5.32 Å². The minimum atomic E-state index is -4.13. The van der Waals surface area contributed by atoms with E-state index in [9.17, 15) is 18.0 Å². The lowest BCUT2D eigenvalue weighted by molar-refractivity contribution is -0.114. The smallest absolute Gasteiger partial charge is 0.338 e. The number of anilines is 2. The Morgan fingerprint density at radius 2 is 1.58 bits per heavy atom. The quantitative estimate of drug-likeness (QED) is 0.421. The minimum Gasteiger partial charge on any atom is -0.495 e. The highest BCUT2D eigenvalue weighted by Gasteiger charge is 2.30. The lowest BCUT2D eigenvalue weighted by Gasteiger charge is -2.26. The Balaban J connectivity index is 2.00. The van der Waals surface area contributed by atoms with Crippen molar-refractivity contribution in [1.29, 1.82) is 0 Å². The minimum absolute atomic E-state index is 0.0462. The second-order valence-electron chi connectivity index (χ2n) is 8.30. The van der Waals surface area contributed by atoms with Crippen LogP contribution in [0.3, 0.4) is 0 Å². The summed E-state index contributed by atoms with van der Waals surface area (Å²) in [4.78, 5) is 25.4. The molecule has 3 aromatic carbocycles. The fourth-order valence-electron chi connectivity index (χ4n) is 3.55. The zero-order valence-electron chi connectivity index (χ0n) is 21.0. The van der Waals surface area contributed by atoms with E-state index in [1.807, 2.05) is 13.8 Å². The predicted molar refractivity (Wildman–Crippen MR) is 139 cm³/mol. The Hall–Kier alpha value is -3.85. The maximum absolute atomic E-state index is 13.7. The second kappa shape index (κ2) is 11.3. The fourth-order valence-corrected chi connectivity index (χ4v) is 4.97. The van der Waals surface area contributed by atoms with Crippen molar-refractivity contribution < 1.29 is 27.5 Å². The molecule has 0 saturated carbocycles. The van der Waals surface area contributed by atoms with E-state index in [1.54, 1.807) is 56.3 Å². The molecule has 0 aliphatic carbocycles. The molecule has 0 aliphatic rings. The number of hydrogen-bond donors (Lipinski definition) is 1. The molecule has 0 aromatic heterocycles. The van der Waals surface area contributed by atoms with Crippen molar-refractivity contribution in [3.05, 3.63) is 82.9 Å². The summed E-state index contributed by atoms with van der Waals surface area (Å²) < 4.78 is 38.9. The molecule has 3 rings (SSSR count). The Morgan fingerprint density at radius 1 is 0.917 bits per heavy atom. The van der Waals surface area contributed by atoms with Crippen LogP contribution in [0.4, 0.5) is 11.4 Å². The van der Waals surface area contributed by atoms with Gasteiger partial charge in [-0.05, 0) is 75.2 Å². The highest BCUT2D eigenvalue weighted by Crippen LogP contribution is 2.33. The second-order valence-corrected chi connectivity index (χ2v) is 10.2. The maximum atomic E-state index is 13.7. The highest BCUT2D eigenvalue weighted by atomic mass is 32.2. The van der Waals surface area contributed by atoms with Crippen molar-refractivity contribution in [1.82, 2.24) is 0 Å². The number of hydrogen-bond acceptors (Lipinski definition) is 6. The van der Waals surface area contributed by atoms with Gasteiger partial charge in [-0.2, -0.15) is 0 Å². The maximum Gasteiger partial charge on any atom is 0.338 e. The third-order valence-corrected chi connectivity index (χ3v) is 7.30. The fraction of sp³-hybridized carbons (Fsp3) is 0.259. The Morgan fingerprint density at radius 3 is 2.22 bits per heavy atom. The van der Waals surface area contributed by atoms with Crippen LogP contribution in [0.5, 0.6) is 5.75 Å². The number of benzene rings is 3. The van der Waals surface area contributed by atoms with Crippen LogP contribution >= 0.6 is 0 Å². The van der Waals surface area contributed by atoms with E-state index in [0.29, 0.717) is 17.0 Å². The van der Waals surface area contributed by atoms with Gasteiger partial charge in [0.25, 0.3) is 10.0 Å². The van der Waals surface area contributed by atoms with Crippen molar-refractivity contribution in [2.45, 2.75) is 32.6 Å². The van der Waals surface area contributed by atoms with Crippen molar-refractivity contribution >= 4 is 33.3 Å². The molecule has 0 saturated heterocycles. The highest BCUT2D eigenvalue weighted by molar-refractivity contribution is 7.92. The average molecular weight is 511 g/mol. The van der Waals surface area contributed by atoms with E-state index >= 15 is 0 Å². The van der Waals surface area contributed by atoms with Gasteiger partial charge in [-0.3, -0.25) is 9.10 Å². The van der Waals surface area contributed by atoms with Gasteiger partial charge in [0, 0.05) is 5.69 Å². The third kappa shape index (κ3) is 6.04. The summed E-state index contributed by atoms with van der Waals surface area (Å²) in [7, 11) is -2.69. The molecule has 0 unspecified atom stereocenters. The number of carbonyl (C=O) groups excluding carboxylic acids is 2. The molecule has 0 aliphatic heterocycles. The zero-order valence-corrected chi connectivity index (χ0v) is 21.8. The number of amides is 1. The standard InChI is InChI=1S/C27H30N2O6S/c1-6-35-27(31)21-11-10-20(4)23(16-21)28-26(30)17-29(24-15-19(3)9-14-25(24)34-5)36(32,33)22-12-7-18(2)8-13-22/h7-16H,6,17H2,1-5H3,(H,28,30). The van der Waals surface area contributed by atoms with Crippen molar-refractivity contribution in [3.63, 3.8) is 0 Å². The first kappa shape index (κ1) is 26.7. The summed E-state index contributed by atoms with van der Waals surface area (Å²) in [6.07, 6.45) is 0. The lowest BCUT2D eigenvalue weighted by atomic mass is 10.1. The van der Waals surface area contributed by atoms with E-state index in [0.717, 1.165) is 15.4 Å². The monoisotopic (exact) mass is 510 g/mol. The van der Waals surface area contributed by atoms with Crippen LogP contribution in [-0.2, 0) is 19.6 Å². The Labute approximate surface area is 211 Å². The van der Waals surface area contributed by atoms with Crippen LogP contribution in [0.15, 0.2) is 65.6 Å². The molecule has 9 heteroatoms. The third-order valence-electron chi connectivity index (χ3n) is 5.52. The number of methoxy groups -OCH3 is 1. The van der Waals surface area contributed by atoms with Gasteiger partial charge >= 0.3 is 5.97 Å². The molecule has 1 amide bonds. The number of ether oxygens (including phenoxy) is 2. The number of sulfonamides is 1. The van der Waals surface area contributed by atoms with Crippen molar-refractivity contribution in [3.8, 4) is 5.75 Å². The van der Waals surface area contributed by atoms with E-state index in [-0.39, 0.29) is 22.8 Å². The molecule has 0 bridgehead atoms. The first-order chi connectivity index (χ1) is 17.1. The molecule has 36 heavy (non-hydrogen) atoms. The van der Waals surface area contributed by atoms with Crippen LogP contribution in [0.25, 0.3) is 0 Å². The van der Waals surface area contributed by atoms with Crippen LogP contribution in [-0.4, -0.2) is 40.6 Å². The summed E-state index contributed by atoms with van der Waals surface area (Å²) in [5, 5.41) is 2.74. The number of nitrogens with zero attached hydrogens (tertiary/aromatic N) is 1. The van der Waals surface area contributed by atoms with Crippen LogP contribution in [0.2, 0.25) is 0 Å². The molecular weight excluding hydrogens is 480 g/mol. The van der Waals surface area contributed by atoms with Gasteiger partial charge in [0.2, 0.25) is 5.91 Å². The van der Waals surface area contributed by atoms with Gasteiger partial charge in [0.05, 0.1) is 29.9 Å². The van der Waals surface area contributed by atoms with Gasteiger partial charge in [-0.25, -0.2) is 13.2 Å². The van der Waals surface area contributed by atoms with E-state index in [1.165, 1.54) is 25.3 Å². The first-order valence-electron chi connectivity index (χ1n) is 11.4. The normalized spacial score (nSPS) is 11.0.